The van der Waals surface area contributed by atoms with Gasteiger partial charge in [0.15, 0.2) is 0 Å². The quantitative estimate of drug-likeness (QED) is 0.695. The van der Waals surface area contributed by atoms with E-state index in [2.05, 4.69) is 41.5 Å². The van der Waals surface area contributed by atoms with Crippen molar-refractivity contribution in [1.29, 1.82) is 0 Å². The molecule has 0 spiro atoms. The molecule has 1 atom stereocenters. The van der Waals surface area contributed by atoms with Crippen LogP contribution in [0.2, 0.25) is 0 Å². The van der Waals surface area contributed by atoms with Crippen molar-refractivity contribution in [2.75, 3.05) is 0 Å². The van der Waals surface area contributed by atoms with Crippen LogP contribution < -0.4 is 5.73 Å². The third-order valence-electron chi connectivity index (χ3n) is 4.15. The first-order valence-corrected chi connectivity index (χ1v) is 6.69. The van der Waals surface area contributed by atoms with Gasteiger partial charge in [-0.15, -0.1) is 0 Å². The fourth-order valence-corrected chi connectivity index (χ4v) is 2.93. The van der Waals surface area contributed by atoms with E-state index in [1.165, 1.54) is 24.8 Å². The average Bonchev–Trinajstić information content (AvgIpc) is 2.15. The van der Waals surface area contributed by atoms with Crippen LogP contribution in [0.1, 0.15) is 67.2 Å². The average molecular weight is 223 g/mol. The molecule has 0 bridgehead atoms. The van der Waals surface area contributed by atoms with E-state index >= 15 is 0 Å². The van der Waals surface area contributed by atoms with Crippen molar-refractivity contribution in [3.63, 3.8) is 0 Å². The predicted molar refractivity (Wildman–Crippen MR) is 72.4 cm³/mol. The van der Waals surface area contributed by atoms with E-state index in [1.54, 1.807) is 5.57 Å². The highest BCUT2D eigenvalue weighted by Crippen LogP contribution is 2.45. The van der Waals surface area contributed by atoms with Crippen LogP contribution in [0, 0.1) is 10.8 Å². The van der Waals surface area contributed by atoms with Gasteiger partial charge < -0.3 is 5.73 Å². The largest absolute Gasteiger partial charge is 0.324 e. The van der Waals surface area contributed by atoms with Crippen molar-refractivity contribution in [1.82, 2.24) is 0 Å². The van der Waals surface area contributed by atoms with E-state index in [0.717, 1.165) is 6.42 Å². The molecule has 1 heteroatoms. The summed E-state index contributed by atoms with van der Waals surface area (Å²) in [4.78, 5) is 0. The molecule has 0 heterocycles. The SMILES string of the molecule is CCC(C)(C)C1=C(C(C)(C)C)C(N)CCC1. The first-order chi connectivity index (χ1) is 7.20. The van der Waals surface area contributed by atoms with E-state index in [0.29, 0.717) is 5.41 Å². The van der Waals surface area contributed by atoms with Crippen LogP contribution in [0.15, 0.2) is 11.1 Å². The topological polar surface area (TPSA) is 26.0 Å². The molecule has 0 saturated carbocycles. The Morgan fingerprint density at radius 3 is 2.19 bits per heavy atom. The number of hydrogen-bond acceptors (Lipinski definition) is 1. The molecule has 0 aliphatic heterocycles. The van der Waals surface area contributed by atoms with Crippen LogP contribution >= 0.6 is 0 Å². The third kappa shape index (κ3) is 2.68. The van der Waals surface area contributed by atoms with Crippen LogP contribution in [-0.4, -0.2) is 6.04 Å². The number of rotatable bonds is 2. The Bertz CT molecular complexity index is 278. The predicted octanol–water partition coefficient (Wildman–Crippen LogP) is 4.28. The van der Waals surface area contributed by atoms with Crippen LogP contribution in [0.25, 0.3) is 0 Å². The van der Waals surface area contributed by atoms with Crippen molar-refractivity contribution in [2.45, 2.75) is 73.3 Å². The molecule has 1 unspecified atom stereocenters. The van der Waals surface area contributed by atoms with Crippen molar-refractivity contribution >= 4 is 0 Å². The fraction of sp³-hybridized carbons (Fsp3) is 0.867. The molecular formula is C15H29N. The summed E-state index contributed by atoms with van der Waals surface area (Å²) in [7, 11) is 0. The second-order valence-corrected chi connectivity index (χ2v) is 6.88. The number of allylic oxidation sites excluding steroid dienone is 1. The monoisotopic (exact) mass is 223 g/mol. The Labute approximate surface area is 101 Å². The van der Waals surface area contributed by atoms with Gasteiger partial charge in [-0.1, -0.05) is 47.1 Å². The molecule has 1 rings (SSSR count). The Hall–Kier alpha value is -0.300. The third-order valence-corrected chi connectivity index (χ3v) is 4.15. The van der Waals surface area contributed by atoms with Gasteiger partial charge in [-0.05, 0) is 42.1 Å². The van der Waals surface area contributed by atoms with Crippen molar-refractivity contribution < 1.29 is 0 Å². The highest BCUT2D eigenvalue weighted by atomic mass is 14.7. The molecule has 0 aromatic carbocycles. The number of hydrogen-bond donors (Lipinski definition) is 1. The highest BCUT2D eigenvalue weighted by molar-refractivity contribution is 5.31. The van der Waals surface area contributed by atoms with E-state index in [1.807, 2.05) is 0 Å². The summed E-state index contributed by atoms with van der Waals surface area (Å²) in [5.41, 5.74) is 10.1. The smallest absolute Gasteiger partial charge is 0.0261 e. The molecule has 0 aromatic rings. The van der Waals surface area contributed by atoms with E-state index < -0.39 is 0 Å². The van der Waals surface area contributed by atoms with Crippen LogP contribution in [-0.2, 0) is 0 Å². The van der Waals surface area contributed by atoms with Gasteiger partial charge in [-0.2, -0.15) is 0 Å². The summed E-state index contributed by atoms with van der Waals surface area (Å²) >= 11 is 0. The molecule has 2 N–H and O–H groups in total. The Kier molecular flexibility index (Phi) is 3.89. The summed E-state index contributed by atoms with van der Waals surface area (Å²) in [6.07, 6.45) is 4.88. The lowest BCUT2D eigenvalue weighted by atomic mass is 9.66. The zero-order valence-electron chi connectivity index (χ0n) is 12.0. The van der Waals surface area contributed by atoms with Gasteiger partial charge in [-0.25, -0.2) is 0 Å². The van der Waals surface area contributed by atoms with Gasteiger partial charge in [0.1, 0.15) is 0 Å². The Morgan fingerprint density at radius 1 is 1.19 bits per heavy atom. The minimum Gasteiger partial charge on any atom is -0.324 e. The molecule has 0 aromatic heterocycles. The summed E-state index contributed by atoms with van der Waals surface area (Å²) < 4.78 is 0. The van der Waals surface area contributed by atoms with E-state index in [9.17, 15) is 0 Å². The summed E-state index contributed by atoms with van der Waals surface area (Å²) in [6, 6.07) is 0.287. The number of nitrogens with two attached hydrogens (primary N) is 1. The summed E-state index contributed by atoms with van der Waals surface area (Å²) in [5, 5.41) is 0. The van der Waals surface area contributed by atoms with Gasteiger partial charge in [0.2, 0.25) is 0 Å². The van der Waals surface area contributed by atoms with E-state index in [4.69, 9.17) is 5.73 Å². The molecule has 94 valence electrons. The minimum atomic E-state index is 0.224. The minimum absolute atomic E-state index is 0.224. The molecule has 1 aliphatic carbocycles. The maximum Gasteiger partial charge on any atom is 0.0261 e. The van der Waals surface area contributed by atoms with Gasteiger partial charge in [-0.3, -0.25) is 0 Å². The zero-order chi connectivity index (χ0) is 12.6. The first-order valence-electron chi connectivity index (χ1n) is 6.69. The fourth-order valence-electron chi connectivity index (χ4n) is 2.93. The molecule has 16 heavy (non-hydrogen) atoms. The highest BCUT2D eigenvalue weighted by Gasteiger charge is 2.34. The molecule has 0 amide bonds. The Balaban J connectivity index is 3.25. The maximum absolute atomic E-state index is 6.35. The van der Waals surface area contributed by atoms with Gasteiger partial charge >= 0.3 is 0 Å². The van der Waals surface area contributed by atoms with Crippen molar-refractivity contribution in [3.05, 3.63) is 11.1 Å². The normalized spacial score (nSPS) is 23.8. The second-order valence-electron chi connectivity index (χ2n) is 6.88. The van der Waals surface area contributed by atoms with Crippen molar-refractivity contribution in [2.24, 2.45) is 16.6 Å². The summed E-state index contributed by atoms with van der Waals surface area (Å²) in [6.45, 7) is 13.9. The molecule has 1 aliphatic rings. The summed E-state index contributed by atoms with van der Waals surface area (Å²) in [5.74, 6) is 0. The zero-order valence-corrected chi connectivity index (χ0v) is 12.0. The lowest BCUT2D eigenvalue weighted by molar-refractivity contribution is 0.344. The Morgan fingerprint density at radius 2 is 1.75 bits per heavy atom. The van der Waals surface area contributed by atoms with Gasteiger partial charge in [0.25, 0.3) is 0 Å². The molecular weight excluding hydrogens is 194 g/mol. The molecule has 0 radical (unpaired) electrons. The molecule has 0 saturated heterocycles. The first kappa shape index (κ1) is 13.8. The molecule has 0 fully saturated rings. The lowest BCUT2D eigenvalue weighted by Gasteiger charge is -2.41. The maximum atomic E-state index is 6.35. The van der Waals surface area contributed by atoms with Crippen LogP contribution in [0.5, 0.6) is 0 Å². The van der Waals surface area contributed by atoms with Gasteiger partial charge in [0, 0.05) is 6.04 Å². The van der Waals surface area contributed by atoms with Crippen molar-refractivity contribution in [3.8, 4) is 0 Å². The van der Waals surface area contributed by atoms with Crippen LogP contribution in [0.3, 0.4) is 0 Å². The van der Waals surface area contributed by atoms with Crippen LogP contribution in [0.4, 0.5) is 0 Å². The molecule has 1 nitrogen and oxygen atoms in total. The standard InChI is InChI=1S/C15H29N/c1-7-15(5,6)11-9-8-10-12(16)13(11)14(2,3)4/h12H,7-10,16H2,1-6H3. The lowest BCUT2D eigenvalue weighted by Crippen LogP contribution is -2.36. The van der Waals surface area contributed by atoms with E-state index in [-0.39, 0.29) is 11.5 Å². The second kappa shape index (κ2) is 4.52. The van der Waals surface area contributed by atoms with Gasteiger partial charge in [0.05, 0.1) is 0 Å².